The molecule has 2 nitrogen and oxygen atoms in total. The molecule has 0 spiro atoms. The van der Waals surface area contributed by atoms with Gasteiger partial charge in [0, 0.05) is 19.2 Å². The minimum atomic E-state index is 0.919. The van der Waals surface area contributed by atoms with E-state index in [1.54, 1.807) is 0 Å². The molecule has 0 bridgehead atoms. The molecule has 0 amide bonds. The Labute approximate surface area is 84.2 Å². The van der Waals surface area contributed by atoms with Crippen molar-refractivity contribution in [2.45, 2.75) is 13.3 Å². The first-order valence-corrected chi connectivity index (χ1v) is 4.79. The topological polar surface area (TPSA) is 17.8 Å². The van der Waals surface area contributed by atoms with Crippen LogP contribution in [-0.2, 0) is 13.5 Å². The summed E-state index contributed by atoms with van der Waals surface area (Å²) >= 11 is 0. The van der Waals surface area contributed by atoms with Crippen molar-refractivity contribution in [2.75, 3.05) is 0 Å². The highest BCUT2D eigenvalue weighted by atomic mass is 15.3. The standard InChI is InChI=1S/C12H14N2/c1-10-8-12(13-14(10)2)9-11-6-4-3-5-7-11/h3-8H,9H2,1-2H3. The zero-order chi connectivity index (χ0) is 9.97. The normalized spacial score (nSPS) is 10.4. The lowest BCUT2D eigenvalue weighted by molar-refractivity contribution is 0.725. The summed E-state index contributed by atoms with van der Waals surface area (Å²) < 4.78 is 1.91. The van der Waals surface area contributed by atoms with Crippen LogP contribution >= 0.6 is 0 Å². The van der Waals surface area contributed by atoms with Crippen molar-refractivity contribution in [2.24, 2.45) is 7.05 Å². The first-order chi connectivity index (χ1) is 6.75. The van der Waals surface area contributed by atoms with Crippen molar-refractivity contribution < 1.29 is 0 Å². The summed E-state index contributed by atoms with van der Waals surface area (Å²) in [6.07, 6.45) is 0.919. The molecule has 1 heterocycles. The molecule has 0 radical (unpaired) electrons. The maximum absolute atomic E-state index is 4.42. The molecule has 14 heavy (non-hydrogen) atoms. The number of aromatic nitrogens is 2. The summed E-state index contributed by atoms with van der Waals surface area (Å²) in [4.78, 5) is 0. The summed E-state index contributed by atoms with van der Waals surface area (Å²) in [5, 5.41) is 4.42. The van der Waals surface area contributed by atoms with Gasteiger partial charge in [0.15, 0.2) is 0 Å². The lowest BCUT2D eigenvalue weighted by Gasteiger charge is -1.96. The number of hydrogen-bond donors (Lipinski definition) is 0. The van der Waals surface area contributed by atoms with Gasteiger partial charge >= 0.3 is 0 Å². The van der Waals surface area contributed by atoms with Gasteiger partial charge in [-0.2, -0.15) is 5.10 Å². The second kappa shape index (κ2) is 3.66. The summed E-state index contributed by atoms with van der Waals surface area (Å²) in [6.45, 7) is 2.07. The Bertz CT molecular complexity index is 396. The number of rotatable bonds is 2. The van der Waals surface area contributed by atoms with Crippen LogP contribution in [-0.4, -0.2) is 9.78 Å². The van der Waals surface area contributed by atoms with Crippen LogP contribution in [0.3, 0.4) is 0 Å². The number of hydrogen-bond acceptors (Lipinski definition) is 1. The van der Waals surface area contributed by atoms with E-state index >= 15 is 0 Å². The van der Waals surface area contributed by atoms with E-state index in [2.05, 4.69) is 42.4 Å². The fourth-order valence-corrected chi connectivity index (χ4v) is 1.53. The van der Waals surface area contributed by atoms with E-state index in [0.29, 0.717) is 0 Å². The van der Waals surface area contributed by atoms with Crippen molar-refractivity contribution in [1.29, 1.82) is 0 Å². The van der Waals surface area contributed by atoms with E-state index in [1.165, 1.54) is 11.3 Å². The predicted octanol–water partition coefficient (Wildman–Crippen LogP) is 2.32. The third kappa shape index (κ3) is 1.84. The molecule has 1 aromatic carbocycles. The molecule has 2 heteroatoms. The van der Waals surface area contributed by atoms with Crippen molar-refractivity contribution in [3.8, 4) is 0 Å². The number of aryl methyl sites for hydroxylation is 2. The molecule has 0 aliphatic rings. The van der Waals surface area contributed by atoms with Gasteiger partial charge in [-0.15, -0.1) is 0 Å². The van der Waals surface area contributed by atoms with Crippen molar-refractivity contribution in [1.82, 2.24) is 9.78 Å². The molecule has 72 valence electrons. The maximum atomic E-state index is 4.42. The molecule has 0 aliphatic carbocycles. The van der Waals surface area contributed by atoms with Gasteiger partial charge < -0.3 is 0 Å². The molecule has 2 rings (SSSR count). The average Bonchev–Trinajstić information content (AvgIpc) is 2.47. The second-order valence-corrected chi connectivity index (χ2v) is 3.56. The lowest BCUT2D eigenvalue weighted by atomic mass is 10.1. The minimum Gasteiger partial charge on any atom is -0.273 e. The highest BCUT2D eigenvalue weighted by Crippen LogP contribution is 2.08. The van der Waals surface area contributed by atoms with Gasteiger partial charge in [0.2, 0.25) is 0 Å². The smallest absolute Gasteiger partial charge is 0.0671 e. The number of nitrogens with zero attached hydrogens (tertiary/aromatic N) is 2. The molecule has 2 aromatic rings. The monoisotopic (exact) mass is 186 g/mol. The molecule has 0 fully saturated rings. The largest absolute Gasteiger partial charge is 0.273 e. The van der Waals surface area contributed by atoms with Crippen molar-refractivity contribution in [3.63, 3.8) is 0 Å². The first-order valence-electron chi connectivity index (χ1n) is 4.79. The third-order valence-corrected chi connectivity index (χ3v) is 2.39. The van der Waals surface area contributed by atoms with E-state index in [4.69, 9.17) is 0 Å². The van der Waals surface area contributed by atoms with E-state index < -0.39 is 0 Å². The average molecular weight is 186 g/mol. The van der Waals surface area contributed by atoms with E-state index in [0.717, 1.165) is 12.1 Å². The van der Waals surface area contributed by atoms with Crippen LogP contribution in [0.5, 0.6) is 0 Å². The Morgan fingerprint density at radius 3 is 2.50 bits per heavy atom. The third-order valence-electron chi connectivity index (χ3n) is 2.39. The fraction of sp³-hybridized carbons (Fsp3) is 0.250. The van der Waals surface area contributed by atoms with E-state index in [-0.39, 0.29) is 0 Å². The molecule has 1 aromatic heterocycles. The van der Waals surface area contributed by atoms with Crippen LogP contribution in [0.15, 0.2) is 36.4 Å². The SMILES string of the molecule is Cc1cc(Cc2ccccc2)nn1C. The Morgan fingerprint density at radius 2 is 1.93 bits per heavy atom. The summed E-state index contributed by atoms with van der Waals surface area (Å²) in [5.41, 5.74) is 3.65. The summed E-state index contributed by atoms with van der Waals surface area (Å²) in [5.74, 6) is 0. The van der Waals surface area contributed by atoms with Gasteiger partial charge in [0.25, 0.3) is 0 Å². The van der Waals surface area contributed by atoms with Crippen molar-refractivity contribution >= 4 is 0 Å². The van der Waals surface area contributed by atoms with Gasteiger partial charge in [-0.25, -0.2) is 0 Å². The van der Waals surface area contributed by atoms with Crippen LogP contribution in [0.25, 0.3) is 0 Å². The fourth-order valence-electron chi connectivity index (χ4n) is 1.53. The molecule has 0 atom stereocenters. The Kier molecular flexibility index (Phi) is 2.35. The zero-order valence-corrected chi connectivity index (χ0v) is 8.57. The molecule has 0 unspecified atom stereocenters. The van der Waals surface area contributed by atoms with Gasteiger partial charge in [-0.05, 0) is 18.6 Å². The zero-order valence-electron chi connectivity index (χ0n) is 8.57. The second-order valence-electron chi connectivity index (χ2n) is 3.56. The van der Waals surface area contributed by atoms with Crippen LogP contribution in [0.4, 0.5) is 0 Å². The summed E-state index contributed by atoms with van der Waals surface area (Å²) in [6, 6.07) is 12.5. The molecular formula is C12H14N2. The van der Waals surface area contributed by atoms with Crippen molar-refractivity contribution in [3.05, 3.63) is 53.3 Å². The summed E-state index contributed by atoms with van der Waals surface area (Å²) in [7, 11) is 1.98. The lowest BCUT2D eigenvalue weighted by Crippen LogP contribution is -1.94. The maximum Gasteiger partial charge on any atom is 0.0671 e. The molecule has 0 saturated heterocycles. The quantitative estimate of drug-likeness (QED) is 0.703. The first kappa shape index (κ1) is 9.00. The predicted molar refractivity (Wildman–Crippen MR) is 57.2 cm³/mol. The van der Waals surface area contributed by atoms with Gasteiger partial charge in [0.1, 0.15) is 0 Å². The van der Waals surface area contributed by atoms with Crippen LogP contribution in [0.2, 0.25) is 0 Å². The van der Waals surface area contributed by atoms with E-state index in [1.807, 2.05) is 17.8 Å². The molecule has 0 saturated carbocycles. The van der Waals surface area contributed by atoms with Gasteiger partial charge in [-0.3, -0.25) is 4.68 Å². The van der Waals surface area contributed by atoms with Crippen LogP contribution < -0.4 is 0 Å². The molecular weight excluding hydrogens is 172 g/mol. The minimum absolute atomic E-state index is 0.919. The highest BCUT2D eigenvalue weighted by molar-refractivity contribution is 5.22. The molecule has 0 aliphatic heterocycles. The Balaban J connectivity index is 2.19. The Hall–Kier alpha value is -1.57. The highest BCUT2D eigenvalue weighted by Gasteiger charge is 2.01. The Morgan fingerprint density at radius 1 is 1.21 bits per heavy atom. The number of benzene rings is 1. The molecule has 0 N–H and O–H groups in total. The van der Waals surface area contributed by atoms with Gasteiger partial charge in [-0.1, -0.05) is 30.3 Å². The van der Waals surface area contributed by atoms with Crippen LogP contribution in [0.1, 0.15) is 17.0 Å². The van der Waals surface area contributed by atoms with Crippen LogP contribution in [0, 0.1) is 6.92 Å². The van der Waals surface area contributed by atoms with E-state index in [9.17, 15) is 0 Å². The van der Waals surface area contributed by atoms with Gasteiger partial charge in [0.05, 0.1) is 5.69 Å².